The van der Waals surface area contributed by atoms with Gasteiger partial charge in [-0.1, -0.05) is 6.42 Å². The number of hydrogen-bond acceptors (Lipinski definition) is 5. The number of piperidine rings is 1. The van der Waals surface area contributed by atoms with Gasteiger partial charge < -0.3 is 9.30 Å². The first-order chi connectivity index (χ1) is 11.7. The van der Waals surface area contributed by atoms with Crippen LogP contribution in [0.25, 0.3) is 11.3 Å². The lowest BCUT2D eigenvalue weighted by molar-refractivity contribution is 0.0520. The number of aromatic nitrogens is 4. The summed E-state index contributed by atoms with van der Waals surface area (Å²) < 4.78 is 7.18. The Labute approximate surface area is 142 Å². The molecule has 0 aliphatic carbocycles. The van der Waals surface area contributed by atoms with E-state index in [2.05, 4.69) is 31.6 Å². The van der Waals surface area contributed by atoms with Crippen LogP contribution in [0, 0.1) is 0 Å². The van der Waals surface area contributed by atoms with E-state index in [1.54, 1.807) is 19.3 Å². The molecule has 1 aliphatic heterocycles. The van der Waals surface area contributed by atoms with Crippen LogP contribution in [0.4, 0.5) is 0 Å². The van der Waals surface area contributed by atoms with Gasteiger partial charge in [-0.05, 0) is 39.8 Å². The highest BCUT2D eigenvalue weighted by Crippen LogP contribution is 2.23. The molecule has 1 aliphatic rings. The Morgan fingerprint density at radius 3 is 2.88 bits per heavy atom. The molecular weight excluding hydrogens is 306 g/mol. The Morgan fingerprint density at radius 1 is 1.33 bits per heavy atom. The van der Waals surface area contributed by atoms with Gasteiger partial charge in [0.15, 0.2) is 5.69 Å². The van der Waals surface area contributed by atoms with Crippen LogP contribution >= 0.6 is 0 Å². The zero-order valence-electron chi connectivity index (χ0n) is 14.4. The number of nitrogens with zero attached hydrogens (tertiary/aromatic N) is 4. The third kappa shape index (κ3) is 3.51. The third-order valence-electron chi connectivity index (χ3n) is 4.58. The average Bonchev–Trinajstić information content (AvgIpc) is 3.24. The maximum atomic E-state index is 12.1. The molecule has 0 radical (unpaired) electrons. The number of likely N-dealkylation sites (tertiary alicyclic amines) is 1. The fraction of sp³-hybridized carbons (Fsp3) is 0.588. The fourth-order valence-corrected chi connectivity index (χ4v) is 3.29. The van der Waals surface area contributed by atoms with Gasteiger partial charge in [-0.15, -0.1) is 0 Å². The smallest absolute Gasteiger partial charge is 0.357 e. The van der Waals surface area contributed by atoms with Crippen molar-refractivity contribution in [3.8, 4) is 11.3 Å². The largest absolute Gasteiger partial charge is 0.461 e. The number of H-pyrrole nitrogens is 1. The van der Waals surface area contributed by atoms with Crippen LogP contribution < -0.4 is 0 Å². The van der Waals surface area contributed by atoms with Gasteiger partial charge >= 0.3 is 5.97 Å². The van der Waals surface area contributed by atoms with Crippen molar-refractivity contribution in [1.82, 2.24) is 24.6 Å². The monoisotopic (exact) mass is 331 g/mol. The van der Waals surface area contributed by atoms with Crippen molar-refractivity contribution in [2.45, 2.75) is 45.7 Å². The maximum Gasteiger partial charge on any atom is 0.357 e. The second-order valence-electron chi connectivity index (χ2n) is 6.26. The molecule has 1 unspecified atom stereocenters. The quantitative estimate of drug-likeness (QED) is 0.822. The minimum absolute atomic E-state index is 0.336. The van der Waals surface area contributed by atoms with Crippen molar-refractivity contribution < 1.29 is 9.53 Å². The molecule has 7 heteroatoms. The highest BCUT2D eigenvalue weighted by atomic mass is 16.5. The summed E-state index contributed by atoms with van der Waals surface area (Å²) in [5.74, 6) is -0.387. The van der Waals surface area contributed by atoms with Gasteiger partial charge in [0, 0.05) is 12.6 Å². The molecule has 0 saturated carbocycles. The van der Waals surface area contributed by atoms with Crippen molar-refractivity contribution in [3.63, 3.8) is 0 Å². The minimum Gasteiger partial charge on any atom is -0.461 e. The number of carbonyl (C=O) groups excluding carboxylic acids is 1. The number of rotatable bonds is 6. The van der Waals surface area contributed by atoms with E-state index in [4.69, 9.17) is 4.74 Å². The molecule has 3 heterocycles. The topological polar surface area (TPSA) is 76.0 Å². The van der Waals surface area contributed by atoms with E-state index >= 15 is 0 Å². The van der Waals surface area contributed by atoms with Gasteiger partial charge in [-0.2, -0.15) is 5.10 Å². The number of nitrogens with one attached hydrogen (secondary N) is 1. The van der Waals surface area contributed by atoms with E-state index < -0.39 is 0 Å². The number of carbonyl (C=O) groups is 1. The Morgan fingerprint density at radius 2 is 2.12 bits per heavy atom. The molecule has 1 atom stereocenters. The van der Waals surface area contributed by atoms with Gasteiger partial charge in [-0.25, -0.2) is 9.78 Å². The Hall–Kier alpha value is -2.15. The van der Waals surface area contributed by atoms with Crippen molar-refractivity contribution in [1.29, 1.82) is 0 Å². The number of imidazole rings is 1. The summed E-state index contributed by atoms with van der Waals surface area (Å²) >= 11 is 0. The van der Waals surface area contributed by atoms with E-state index in [1.165, 1.54) is 19.3 Å². The van der Waals surface area contributed by atoms with Gasteiger partial charge in [0.1, 0.15) is 0 Å². The fourth-order valence-electron chi connectivity index (χ4n) is 3.29. The number of esters is 1. The highest BCUT2D eigenvalue weighted by Gasteiger charge is 2.21. The molecule has 0 amide bonds. The Balaban J connectivity index is 1.78. The second kappa shape index (κ2) is 7.61. The summed E-state index contributed by atoms with van der Waals surface area (Å²) in [6.45, 7) is 7.52. The van der Waals surface area contributed by atoms with Gasteiger partial charge in [0.2, 0.25) is 0 Å². The lowest BCUT2D eigenvalue weighted by atomic mass is 10.1. The van der Waals surface area contributed by atoms with Crippen LogP contribution in [-0.2, 0) is 11.3 Å². The summed E-state index contributed by atoms with van der Waals surface area (Å²) in [5, 5.41) is 6.76. The minimum atomic E-state index is -0.387. The standard InChI is InChI=1S/C17H25N5O2/c1-3-24-17(23)16-14(9-19-20-16)15-10-18-12-22(15)11-13(2)21-7-5-4-6-8-21/h9-10,12-13H,3-8,11H2,1-2H3,(H,19,20). The number of aromatic amines is 1. The van der Waals surface area contributed by atoms with Gasteiger partial charge in [0.05, 0.1) is 36.6 Å². The molecule has 2 aromatic heterocycles. The summed E-state index contributed by atoms with van der Waals surface area (Å²) in [6, 6.07) is 0.427. The molecule has 3 rings (SSSR count). The molecule has 7 nitrogen and oxygen atoms in total. The van der Waals surface area contributed by atoms with Crippen LogP contribution in [0.5, 0.6) is 0 Å². The van der Waals surface area contributed by atoms with E-state index in [1.807, 2.05) is 6.33 Å². The molecule has 0 aromatic carbocycles. The molecule has 130 valence electrons. The first-order valence-corrected chi connectivity index (χ1v) is 8.65. The van der Waals surface area contributed by atoms with Crippen LogP contribution in [0.3, 0.4) is 0 Å². The molecule has 1 saturated heterocycles. The number of hydrogen-bond donors (Lipinski definition) is 1. The molecule has 0 bridgehead atoms. The summed E-state index contributed by atoms with van der Waals surface area (Å²) in [5.41, 5.74) is 2.00. The second-order valence-corrected chi connectivity index (χ2v) is 6.26. The Kier molecular flexibility index (Phi) is 5.30. The average molecular weight is 331 g/mol. The highest BCUT2D eigenvalue weighted by molar-refractivity contribution is 5.94. The van der Waals surface area contributed by atoms with Crippen molar-refractivity contribution in [3.05, 3.63) is 24.4 Å². The van der Waals surface area contributed by atoms with Crippen molar-refractivity contribution in [2.24, 2.45) is 0 Å². The first-order valence-electron chi connectivity index (χ1n) is 8.65. The molecular formula is C17H25N5O2. The number of ether oxygens (including phenoxy) is 1. The zero-order chi connectivity index (χ0) is 16.9. The van der Waals surface area contributed by atoms with E-state index in [0.717, 1.165) is 30.9 Å². The normalized spacial score (nSPS) is 16.9. The SMILES string of the molecule is CCOC(=O)c1[nH]ncc1-c1cncn1CC(C)N1CCCCC1. The van der Waals surface area contributed by atoms with Crippen LogP contribution in [0.1, 0.15) is 43.6 Å². The van der Waals surface area contributed by atoms with E-state index in [9.17, 15) is 4.79 Å². The maximum absolute atomic E-state index is 12.1. The Bertz CT molecular complexity index is 672. The lowest BCUT2D eigenvalue weighted by Gasteiger charge is -2.32. The van der Waals surface area contributed by atoms with Crippen molar-refractivity contribution >= 4 is 5.97 Å². The molecule has 1 N–H and O–H groups in total. The zero-order valence-corrected chi connectivity index (χ0v) is 14.4. The van der Waals surface area contributed by atoms with E-state index in [-0.39, 0.29) is 5.97 Å². The molecule has 24 heavy (non-hydrogen) atoms. The van der Waals surface area contributed by atoms with Crippen LogP contribution in [0.15, 0.2) is 18.7 Å². The molecule has 1 fully saturated rings. The predicted octanol–water partition coefficient (Wildman–Crippen LogP) is 2.32. The first kappa shape index (κ1) is 16.7. The van der Waals surface area contributed by atoms with Crippen molar-refractivity contribution in [2.75, 3.05) is 19.7 Å². The summed E-state index contributed by atoms with van der Waals surface area (Å²) in [7, 11) is 0. The van der Waals surface area contributed by atoms with E-state index in [0.29, 0.717) is 18.3 Å². The van der Waals surface area contributed by atoms with Crippen LogP contribution in [-0.4, -0.2) is 56.4 Å². The summed E-state index contributed by atoms with van der Waals surface area (Å²) in [6.07, 6.45) is 9.13. The lowest BCUT2D eigenvalue weighted by Crippen LogP contribution is -2.39. The third-order valence-corrected chi connectivity index (χ3v) is 4.58. The summed E-state index contributed by atoms with van der Waals surface area (Å²) in [4.78, 5) is 18.9. The predicted molar refractivity (Wildman–Crippen MR) is 90.7 cm³/mol. The van der Waals surface area contributed by atoms with Crippen LogP contribution in [0.2, 0.25) is 0 Å². The van der Waals surface area contributed by atoms with Gasteiger partial charge in [-0.3, -0.25) is 10.00 Å². The molecule has 2 aromatic rings. The molecule has 0 spiro atoms. The van der Waals surface area contributed by atoms with Gasteiger partial charge in [0.25, 0.3) is 0 Å².